The average Bonchev–Trinajstić information content (AvgIpc) is 2.50. The van der Waals surface area contributed by atoms with Gasteiger partial charge in [0.1, 0.15) is 0 Å². The van der Waals surface area contributed by atoms with Crippen molar-refractivity contribution in [3.8, 4) is 0 Å². The standard InChI is InChI=1S/C14H21ClN4O3S/c1-18-8-10-19(11-9-18)17-14(20)6-7-16-23(21,22)13-4-2-12(15)3-5-13/h2-5,16H,6-11H2,1H3,(H,17,20). The molecule has 128 valence electrons. The summed E-state index contributed by atoms with van der Waals surface area (Å²) >= 11 is 5.73. The third kappa shape index (κ3) is 5.74. The number of rotatable bonds is 6. The van der Waals surface area contributed by atoms with E-state index in [1.165, 1.54) is 24.3 Å². The first kappa shape index (κ1) is 18.2. The first-order valence-electron chi connectivity index (χ1n) is 7.35. The summed E-state index contributed by atoms with van der Waals surface area (Å²) in [4.78, 5) is 14.2. The van der Waals surface area contributed by atoms with Crippen LogP contribution in [0.15, 0.2) is 29.2 Å². The molecule has 0 aromatic heterocycles. The van der Waals surface area contributed by atoms with E-state index in [-0.39, 0.29) is 23.8 Å². The number of nitrogens with one attached hydrogen (secondary N) is 2. The summed E-state index contributed by atoms with van der Waals surface area (Å²) in [5, 5.41) is 2.33. The number of nitrogens with zero attached hydrogens (tertiary/aromatic N) is 2. The van der Waals surface area contributed by atoms with Crippen LogP contribution >= 0.6 is 11.6 Å². The summed E-state index contributed by atoms with van der Waals surface area (Å²) in [5.74, 6) is -0.201. The highest BCUT2D eigenvalue weighted by Gasteiger charge is 2.17. The lowest BCUT2D eigenvalue weighted by Gasteiger charge is -2.32. The van der Waals surface area contributed by atoms with Crippen LogP contribution in [0.2, 0.25) is 5.02 Å². The lowest BCUT2D eigenvalue weighted by molar-refractivity contribution is -0.126. The largest absolute Gasteiger partial charge is 0.304 e. The molecule has 1 saturated heterocycles. The number of hydrazine groups is 1. The van der Waals surface area contributed by atoms with Crippen LogP contribution in [0.1, 0.15) is 6.42 Å². The summed E-state index contributed by atoms with van der Waals surface area (Å²) in [5.41, 5.74) is 2.79. The summed E-state index contributed by atoms with van der Waals surface area (Å²) < 4.78 is 26.5. The molecule has 0 radical (unpaired) electrons. The molecule has 2 N–H and O–H groups in total. The second kappa shape index (κ2) is 8.07. The van der Waals surface area contributed by atoms with E-state index in [1.807, 2.05) is 12.1 Å². The molecule has 0 unspecified atom stereocenters. The van der Waals surface area contributed by atoms with Gasteiger partial charge in [0.15, 0.2) is 0 Å². The number of likely N-dealkylation sites (N-methyl/N-ethyl adjacent to an activating group) is 1. The highest BCUT2D eigenvalue weighted by atomic mass is 35.5. The van der Waals surface area contributed by atoms with Gasteiger partial charge in [-0.05, 0) is 31.3 Å². The molecule has 2 rings (SSSR count). The van der Waals surface area contributed by atoms with Crippen LogP contribution < -0.4 is 10.1 Å². The summed E-state index contributed by atoms with van der Waals surface area (Å²) in [6.45, 7) is 3.36. The fourth-order valence-corrected chi connectivity index (χ4v) is 3.30. The van der Waals surface area contributed by atoms with Crippen molar-refractivity contribution in [2.75, 3.05) is 39.8 Å². The molecule has 0 atom stereocenters. The Morgan fingerprint density at radius 1 is 1.17 bits per heavy atom. The minimum Gasteiger partial charge on any atom is -0.304 e. The molecule has 1 aromatic rings. The molecule has 1 amide bonds. The maximum absolute atomic E-state index is 12.0. The number of carbonyl (C=O) groups excluding carboxylic acids is 1. The molecular formula is C14H21ClN4O3S. The maximum atomic E-state index is 12.0. The summed E-state index contributed by atoms with van der Waals surface area (Å²) in [6.07, 6.45) is 0.0825. The van der Waals surface area contributed by atoms with Crippen LogP contribution in [0.4, 0.5) is 0 Å². The lowest BCUT2D eigenvalue weighted by Crippen LogP contribution is -2.52. The zero-order valence-corrected chi connectivity index (χ0v) is 14.5. The first-order chi connectivity index (χ1) is 10.9. The minimum atomic E-state index is -3.62. The number of hydrogen-bond acceptors (Lipinski definition) is 5. The molecule has 23 heavy (non-hydrogen) atoms. The highest BCUT2D eigenvalue weighted by molar-refractivity contribution is 7.89. The zero-order chi connectivity index (χ0) is 16.9. The molecule has 1 fully saturated rings. The van der Waals surface area contributed by atoms with Gasteiger partial charge in [0.05, 0.1) is 4.90 Å². The summed E-state index contributed by atoms with van der Waals surface area (Å²) in [6, 6.07) is 5.87. The Bertz CT molecular complexity index is 628. The van der Waals surface area contributed by atoms with E-state index >= 15 is 0 Å². The minimum absolute atomic E-state index is 0.0462. The number of hydrogen-bond donors (Lipinski definition) is 2. The van der Waals surface area contributed by atoms with E-state index in [2.05, 4.69) is 15.0 Å². The fourth-order valence-electron chi connectivity index (χ4n) is 2.15. The Morgan fingerprint density at radius 2 is 1.78 bits per heavy atom. The van der Waals surface area contributed by atoms with Crippen LogP contribution in [-0.4, -0.2) is 64.0 Å². The van der Waals surface area contributed by atoms with Crippen LogP contribution in [0.3, 0.4) is 0 Å². The molecule has 1 heterocycles. The number of carbonyl (C=O) groups is 1. The van der Waals surface area contributed by atoms with Crippen LogP contribution in [0.5, 0.6) is 0 Å². The van der Waals surface area contributed by atoms with Gasteiger partial charge in [-0.25, -0.2) is 18.1 Å². The van der Waals surface area contributed by atoms with Crippen molar-refractivity contribution in [2.45, 2.75) is 11.3 Å². The molecule has 7 nitrogen and oxygen atoms in total. The molecule has 0 saturated carbocycles. The Labute approximate surface area is 141 Å². The topological polar surface area (TPSA) is 81.8 Å². The van der Waals surface area contributed by atoms with Gasteiger partial charge in [-0.15, -0.1) is 0 Å². The number of benzene rings is 1. The van der Waals surface area contributed by atoms with Gasteiger partial charge in [-0.1, -0.05) is 11.6 Å². The Balaban J connectivity index is 1.75. The molecule has 0 bridgehead atoms. The van der Waals surface area contributed by atoms with Gasteiger partial charge in [0, 0.05) is 44.2 Å². The molecule has 1 aliphatic heterocycles. The van der Waals surface area contributed by atoms with E-state index in [9.17, 15) is 13.2 Å². The Hall–Kier alpha value is -1.19. The van der Waals surface area contributed by atoms with Gasteiger partial charge in [-0.2, -0.15) is 0 Å². The number of amides is 1. The van der Waals surface area contributed by atoms with E-state index in [0.717, 1.165) is 26.2 Å². The van der Waals surface area contributed by atoms with Gasteiger partial charge < -0.3 is 4.90 Å². The molecule has 1 aliphatic rings. The SMILES string of the molecule is CN1CCN(NC(=O)CCNS(=O)(=O)c2ccc(Cl)cc2)CC1. The normalized spacial score (nSPS) is 17.1. The molecule has 1 aromatic carbocycles. The van der Waals surface area contributed by atoms with Gasteiger partial charge in [0.2, 0.25) is 15.9 Å². The highest BCUT2D eigenvalue weighted by Crippen LogP contribution is 2.13. The van der Waals surface area contributed by atoms with E-state index in [4.69, 9.17) is 11.6 Å². The van der Waals surface area contributed by atoms with E-state index < -0.39 is 10.0 Å². The van der Waals surface area contributed by atoms with Crippen molar-refractivity contribution in [1.82, 2.24) is 20.1 Å². The molecular weight excluding hydrogens is 340 g/mol. The second-order valence-electron chi connectivity index (χ2n) is 5.43. The lowest BCUT2D eigenvalue weighted by atomic mass is 10.4. The smallest absolute Gasteiger partial charge is 0.240 e. The quantitative estimate of drug-likeness (QED) is 0.762. The van der Waals surface area contributed by atoms with Crippen molar-refractivity contribution >= 4 is 27.5 Å². The fraction of sp³-hybridized carbons (Fsp3) is 0.500. The van der Waals surface area contributed by atoms with Crippen molar-refractivity contribution < 1.29 is 13.2 Å². The molecule has 0 aliphatic carbocycles. The van der Waals surface area contributed by atoms with Crippen molar-refractivity contribution in [1.29, 1.82) is 0 Å². The molecule has 9 heteroatoms. The summed E-state index contributed by atoms with van der Waals surface area (Å²) in [7, 11) is -1.59. The number of halogens is 1. The Kier molecular flexibility index (Phi) is 6.37. The van der Waals surface area contributed by atoms with Crippen LogP contribution in [-0.2, 0) is 14.8 Å². The first-order valence-corrected chi connectivity index (χ1v) is 9.21. The third-order valence-corrected chi connectivity index (χ3v) is 5.28. The van der Waals surface area contributed by atoms with Crippen molar-refractivity contribution in [3.63, 3.8) is 0 Å². The number of sulfonamides is 1. The maximum Gasteiger partial charge on any atom is 0.240 e. The molecule has 0 spiro atoms. The van der Waals surface area contributed by atoms with E-state index in [0.29, 0.717) is 5.02 Å². The van der Waals surface area contributed by atoms with Crippen LogP contribution in [0.25, 0.3) is 0 Å². The van der Waals surface area contributed by atoms with Crippen molar-refractivity contribution in [2.24, 2.45) is 0 Å². The number of piperazine rings is 1. The van der Waals surface area contributed by atoms with E-state index in [1.54, 1.807) is 0 Å². The second-order valence-corrected chi connectivity index (χ2v) is 7.63. The monoisotopic (exact) mass is 360 g/mol. The van der Waals surface area contributed by atoms with Crippen LogP contribution in [0, 0.1) is 0 Å². The average molecular weight is 361 g/mol. The third-order valence-electron chi connectivity index (χ3n) is 3.55. The van der Waals surface area contributed by atoms with Gasteiger partial charge >= 0.3 is 0 Å². The van der Waals surface area contributed by atoms with Gasteiger partial charge in [-0.3, -0.25) is 10.2 Å². The van der Waals surface area contributed by atoms with Gasteiger partial charge in [0.25, 0.3) is 0 Å². The predicted octanol–water partition coefficient (Wildman–Crippen LogP) is 0.287. The zero-order valence-electron chi connectivity index (χ0n) is 13.0. The predicted molar refractivity (Wildman–Crippen MR) is 88.5 cm³/mol. The Morgan fingerprint density at radius 3 is 2.39 bits per heavy atom. The van der Waals surface area contributed by atoms with Crippen molar-refractivity contribution in [3.05, 3.63) is 29.3 Å².